The van der Waals surface area contributed by atoms with Gasteiger partial charge in [-0.15, -0.1) is 24.2 Å². The summed E-state index contributed by atoms with van der Waals surface area (Å²) >= 11 is 1.32. The number of nitro benzene ring substituents is 1. The number of rotatable bonds is 4. The molecule has 23 heavy (non-hydrogen) atoms. The van der Waals surface area contributed by atoms with E-state index in [2.05, 4.69) is 10.1 Å². The summed E-state index contributed by atoms with van der Waals surface area (Å²) in [5.41, 5.74) is 6.33. The molecule has 7 nitrogen and oxygen atoms in total. The Morgan fingerprint density at radius 1 is 1.39 bits per heavy atom. The van der Waals surface area contributed by atoms with Crippen LogP contribution >= 0.6 is 24.2 Å². The third-order valence-electron chi connectivity index (χ3n) is 3.99. The summed E-state index contributed by atoms with van der Waals surface area (Å²) in [4.78, 5) is 15.7. The van der Waals surface area contributed by atoms with Crippen molar-refractivity contribution in [2.24, 2.45) is 5.73 Å². The zero-order valence-electron chi connectivity index (χ0n) is 12.5. The molecular formula is C14H17ClN4O3S. The molecule has 1 aromatic heterocycles. The molecule has 1 fully saturated rings. The minimum atomic E-state index is -0.535. The summed E-state index contributed by atoms with van der Waals surface area (Å²) < 4.78 is 5.27. The molecule has 1 saturated carbocycles. The zero-order chi connectivity index (χ0) is 15.7. The van der Waals surface area contributed by atoms with Crippen LogP contribution in [0.25, 0.3) is 11.5 Å². The molecule has 2 N–H and O–H groups in total. The van der Waals surface area contributed by atoms with Crippen molar-refractivity contribution in [3.05, 3.63) is 34.1 Å². The predicted molar refractivity (Wildman–Crippen MR) is 89.8 cm³/mol. The third-order valence-corrected chi connectivity index (χ3v) is 4.77. The Kier molecular flexibility index (Phi) is 5.28. The topological polar surface area (TPSA) is 108 Å². The molecule has 0 radical (unpaired) electrons. The van der Waals surface area contributed by atoms with Crippen molar-refractivity contribution in [1.82, 2.24) is 10.1 Å². The standard InChI is InChI=1S/C14H16N4O3S.ClH/c1-22-11-5-4-9(8-10(11)18(19)20)12-16-13(17-21-12)14(15)6-2-3-7-14;/h4-5,8H,2-3,6-7,15H2,1H3;1H. The van der Waals surface area contributed by atoms with E-state index in [1.807, 2.05) is 0 Å². The number of hydrogen-bond donors (Lipinski definition) is 1. The van der Waals surface area contributed by atoms with Gasteiger partial charge in [-0.3, -0.25) is 10.1 Å². The van der Waals surface area contributed by atoms with Gasteiger partial charge in [-0.2, -0.15) is 4.98 Å². The molecule has 9 heteroatoms. The van der Waals surface area contributed by atoms with Gasteiger partial charge in [0.15, 0.2) is 5.82 Å². The number of nitrogens with two attached hydrogens (primary N) is 1. The lowest BCUT2D eigenvalue weighted by Crippen LogP contribution is -2.34. The van der Waals surface area contributed by atoms with E-state index in [9.17, 15) is 10.1 Å². The molecule has 0 amide bonds. The lowest BCUT2D eigenvalue weighted by Gasteiger charge is -2.17. The van der Waals surface area contributed by atoms with E-state index in [0.717, 1.165) is 25.7 Å². The highest BCUT2D eigenvalue weighted by molar-refractivity contribution is 7.98. The SMILES string of the molecule is CSc1ccc(-c2nc(C3(N)CCCC3)no2)cc1[N+](=O)[O-].Cl. The minimum Gasteiger partial charge on any atom is -0.334 e. The summed E-state index contributed by atoms with van der Waals surface area (Å²) in [5.74, 6) is 0.749. The summed E-state index contributed by atoms with van der Waals surface area (Å²) in [5, 5.41) is 15.1. The van der Waals surface area contributed by atoms with Crippen molar-refractivity contribution < 1.29 is 9.45 Å². The Hall–Kier alpha value is -1.64. The van der Waals surface area contributed by atoms with Gasteiger partial charge in [0.2, 0.25) is 0 Å². The van der Waals surface area contributed by atoms with Crippen LogP contribution in [-0.2, 0) is 5.54 Å². The number of benzene rings is 1. The van der Waals surface area contributed by atoms with Crippen LogP contribution in [0.15, 0.2) is 27.6 Å². The van der Waals surface area contributed by atoms with Gasteiger partial charge in [-0.25, -0.2) is 0 Å². The van der Waals surface area contributed by atoms with Crippen molar-refractivity contribution in [2.75, 3.05) is 6.26 Å². The Balaban J connectivity index is 0.00000192. The zero-order valence-corrected chi connectivity index (χ0v) is 14.2. The van der Waals surface area contributed by atoms with Gasteiger partial charge in [-0.1, -0.05) is 18.0 Å². The summed E-state index contributed by atoms with van der Waals surface area (Å²) in [6.45, 7) is 0. The van der Waals surface area contributed by atoms with Crippen LogP contribution < -0.4 is 5.73 Å². The molecule has 1 aliphatic carbocycles. The van der Waals surface area contributed by atoms with E-state index in [1.165, 1.54) is 17.8 Å². The first-order valence-corrected chi connectivity index (χ1v) is 8.22. The first kappa shape index (κ1) is 17.7. The van der Waals surface area contributed by atoms with Crippen LogP contribution in [0.2, 0.25) is 0 Å². The molecule has 0 aliphatic heterocycles. The fourth-order valence-corrected chi connectivity index (χ4v) is 3.28. The van der Waals surface area contributed by atoms with Crippen LogP contribution in [0.4, 0.5) is 5.69 Å². The molecule has 0 atom stereocenters. The fourth-order valence-electron chi connectivity index (χ4n) is 2.74. The molecule has 0 spiro atoms. The first-order chi connectivity index (χ1) is 10.5. The molecule has 0 bridgehead atoms. The number of hydrogen-bond acceptors (Lipinski definition) is 7. The molecular weight excluding hydrogens is 340 g/mol. The summed E-state index contributed by atoms with van der Waals surface area (Å²) in [7, 11) is 0. The maximum atomic E-state index is 11.1. The van der Waals surface area contributed by atoms with Crippen LogP contribution in [0.5, 0.6) is 0 Å². The second kappa shape index (κ2) is 6.86. The van der Waals surface area contributed by atoms with Crippen molar-refractivity contribution in [2.45, 2.75) is 36.1 Å². The van der Waals surface area contributed by atoms with Crippen LogP contribution in [0.1, 0.15) is 31.5 Å². The van der Waals surface area contributed by atoms with Crippen molar-refractivity contribution in [3.63, 3.8) is 0 Å². The predicted octanol–water partition coefficient (Wildman–Crippen LogP) is 3.52. The van der Waals surface area contributed by atoms with Gasteiger partial charge < -0.3 is 10.3 Å². The Morgan fingerprint density at radius 3 is 2.70 bits per heavy atom. The van der Waals surface area contributed by atoms with Gasteiger partial charge in [0, 0.05) is 11.6 Å². The molecule has 1 aromatic carbocycles. The Bertz CT molecular complexity index is 716. The number of aromatic nitrogens is 2. The monoisotopic (exact) mass is 356 g/mol. The van der Waals surface area contributed by atoms with Crippen molar-refractivity contribution >= 4 is 29.9 Å². The normalized spacial score (nSPS) is 16.1. The highest BCUT2D eigenvalue weighted by atomic mass is 35.5. The average Bonchev–Trinajstić information content (AvgIpc) is 3.16. The van der Waals surface area contributed by atoms with Crippen molar-refractivity contribution in [3.8, 4) is 11.5 Å². The van der Waals surface area contributed by atoms with Gasteiger partial charge in [0.25, 0.3) is 11.6 Å². The summed E-state index contributed by atoms with van der Waals surface area (Å²) in [6, 6.07) is 4.89. The second-order valence-electron chi connectivity index (χ2n) is 5.43. The lowest BCUT2D eigenvalue weighted by molar-refractivity contribution is -0.387. The van der Waals surface area contributed by atoms with Crippen LogP contribution in [0.3, 0.4) is 0 Å². The lowest BCUT2D eigenvalue weighted by atomic mass is 9.99. The largest absolute Gasteiger partial charge is 0.334 e. The van der Waals surface area contributed by atoms with E-state index in [-0.39, 0.29) is 24.0 Å². The number of thioether (sulfide) groups is 1. The van der Waals surface area contributed by atoms with Gasteiger partial charge >= 0.3 is 0 Å². The molecule has 3 rings (SSSR count). The number of nitrogens with zero attached hydrogens (tertiary/aromatic N) is 3. The van der Waals surface area contributed by atoms with Gasteiger partial charge in [0.05, 0.1) is 15.4 Å². The van der Waals surface area contributed by atoms with Crippen LogP contribution in [0, 0.1) is 10.1 Å². The summed E-state index contributed by atoms with van der Waals surface area (Å²) in [6.07, 6.45) is 5.56. The van der Waals surface area contributed by atoms with E-state index in [1.54, 1.807) is 18.4 Å². The first-order valence-electron chi connectivity index (χ1n) is 6.99. The molecule has 1 aliphatic rings. The van der Waals surface area contributed by atoms with Gasteiger partial charge in [0.1, 0.15) is 0 Å². The molecule has 0 unspecified atom stereocenters. The van der Waals surface area contributed by atoms with E-state index < -0.39 is 10.5 Å². The fraction of sp³-hybridized carbons (Fsp3) is 0.429. The third kappa shape index (κ3) is 3.34. The van der Waals surface area contributed by atoms with E-state index >= 15 is 0 Å². The molecule has 124 valence electrons. The van der Waals surface area contributed by atoms with E-state index in [0.29, 0.717) is 16.3 Å². The number of halogens is 1. The Labute approximate surface area is 143 Å². The van der Waals surface area contributed by atoms with Gasteiger partial charge in [-0.05, 0) is 31.2 Å². The van der Waals surface area contributed by atoms with Crippen molar-refractivity contribution in [1.29, 1.82) is 0 Å². The molecule has 1 heterocycles. The van der Waals surface area contributed by atoms with Crippen LogP contribution in [-0.4, -0.2) is 21.3 Å². The maximum absolute atomic E-state index is 11.1. The Morgan fingerprint density at radius 2 is 2.09 bits per heavy atom. The maximum Gasteiger partial charge on any atom is 0.283 e. The number of nitro groups is 1. The molecule has 0 saturated heterocycles. The smallest absolute Gasteiger partial charge is 0.283 e. The minimum absolute atomic E-state index is 0. The quantitative estimate of drug-likeness (QED) is 0.507. The highest BCUT2D eigenvalue weighted by Crippen LogP contribution is 2.36. The highest BCUT2D eigenvalue weighted by Gasteiger charge is 2.36. The van der Waals surface area contributed by atoms with E-state index in [4.69, 9.17) is 10.3 Å². The average molecular weight is 357 g/mol. The second-order valence-corrected chi connectivity index (χ2v) is 6.28. The molecule has 2 aromatic rings.